The van der Waals surface area contributed by atoms with Gasteiger partial charge in [0, 0.05) is 43.2 Å². The van der Waals surface area contributed by atoms with Crippen LogP contribution in [0.4, 0.5) is 5.69 Å². The van der Waals surface area contributed by atoms with E-state index in [0.29, 0.717) is 5.92 Å². The Morgan fingerprint density at radius 2 is 1.85 bits per heavy atom. The van der Waals surface area contributed by atoms with Gasteiger partial charge in [0.15, 0.2) is 0 Å². The van der Waals surface area contributed by atoms with Gasteiger partial charge in [-0.05, 0) is 53.8 Å². The summed E-state index contributed by atoms with van der Waals surface area (Å²) in [7, 11) is 0. The lowest BCUT2D eigenvalue weighted by atomic mass is 10.00. The van der Waals surface area contributed by atoms with E-state index < -0.39 is 0 Å². The molecule has 0 bridgehead atoms. The molecule has 1 aliphatic heterocycles. The number of pyridine rings is 2. The third-order valence-electron chi connectivity index (χ3n) is 5.27. The summed E-state index contributed by atoms with van der Waals surface area (Å²) in [6.45, 7) is 4.20. The van der Waals surface area contributed by atoms with E-state index in [9.17, 15) is 4.79 Å². The summed E-state index contributed by atoms with van der Waals surface area (Å²) in [5.74, 6) is 0.565. The highest BCUT2D eigenvalue weighted by atomic mass is 16.1. The minimum atomic E-state index is -0.0546. The second kappa shape index (κ2) is 7.16. The molecule has 0 amide bonds. The summed E-state index contributed by atoms with van der Waals surface area (Å²) < 4.78 is 0. The van der Waals surface area contributed by atoms with Gasteiger partial charge in [-0.3, -0.25) is 9.78 Å². The predicted molar refractivity (Wildman–Crippen MR) is 106 cm³/mol. The van der Waals surface area contributed by atoms with Gasteiger partial charge in [-0.1, -0.05) is 25.1 Å². The van der Waals surface area contributed by atoms with E-state index in [-0.39, 0.29) is 5.56 Å². The monoisotopic (exact) mass is 345 g/mol. The van der Waals surface area contributed by atoms with Crippen molar-refractivity contribution in [2.24, 2.45) is 0 Å². The molecule has 1 aromatic carbocycles. The molecular formula is C22H23N3O. The largest absolute Gasteiger partial charge is 0.371 e. The molecule has 0 aliphatic carbocycles. The molecule has 132 valence electrons. The van der Waals surface area contributed by atoms with Gasteiger partial charge in [0.1, 0.15) is 0 Å². The maximum atomic E-state index is 11.7. The van der Waals surface area contributed by atoms with E-state index in [4.69, 9.17) is 0 Å². The molecule has 1 unspecified atom stereocenters. The highest BCUT2D eigenvalue weighted by molar-refractivity contribution is 5.66. The fraction of sp³-hybridized carbons (Fsp3) is 0.273. The standard InChI is InChI=1S/C22H23N3O/c1-2-16-5-8-21(26)24-22(16)18-3-6-20(7-4-18)25-14-11-19(15-25)17-9-12-23-13-10-17/h3-10,12-13,19H,2,11,14-15H2,1H3,(H,24,26). The average molecular weight is 345 g/mol. The van der Waals surface area contributed by atoms with Gasteiger partial charge in [0.25, 0.3) is 0 Å². The lowest BCUT2D eigenvalue weighted by molar-refractivity contribution is 0.773. The van der Waals surface area contributed by atoms with Gasteiger partial charge in [0.2, 0.25) is 5.56 Å². The number of hydrogen-bond donors (Lipinski definition) is 1. The highest BCUT2D eigenvalue weighted by Crippen LogP contribution is 2.31. The molecule has 1 fully saturated rings. The fourth-order valence-electron chi connectivity index (χ4n) is 3.80. The van der Waals surface area contributed by atoms with Crippen LogP contribution in [-0.2, 0) is 6.42 Å². The molecular weight excluding hydrogens is 322 g/mol. The van der Waals surface area contributed by atoms with E-state index >= 15 is 0 Å². The van der Waals surface area contributed by atoms with Gasteiger partial charge in [0.05, 0.1) is 5.69 Å². The van der Waals surface area contributed by atoms with E-state index in [1.54, 1.807) is 6.07 Å². The minimum Gasteiger partial charge on any atom is -0.371 e. The zero-order chi connectivity index (χ0) is 17.9. The number of benzene rings is 1. The van der Waals surface area contributed by atoms with Crippen molar-refractivity contribution in [3.8, 4) is 11.3 Å². The Hall–Kier alpha value is -2.88. The second-order valence-corrected chi connectivity index (χ2v) is 6.84. The van der Waals surface area contributed by atoms with Crippen molar-refractivity contribution in [3.63, 3.8) is 0 Å². The number of aromatic amines is 1. The number of aryl methyl sites for hydroxylation is 1. The first-order valence-electron chi connectivity index (χ1n) is 9.22. The van der Waals surface area contributed by atoms with Crippen LogP contribution in [-0.4, -0.2) is 23.1 Å². The van der Waals surface area contributed by atoms with Crippen LogP contribution in [0.25, 0.3) is 11.3 Å². The van der Waals surface area contributed by atoms with Crippen molar-refractivity contribution in [2.75, 3.05) is 18.0 Å². The molecule has 0 saturated carbocycles. The Balaban J connectivity index is 1.54. The van der Waals surface area contributed by atoms with Crippen LogP contribution in [0.2, 0.25) is 0 Å². The number of H-pyrrole nitrogens is 1. The van der Waals surface area contributed by atoms with Crippen molar-refractivity contribution in [1.29, 1.82) is 0 Å². The molecule has 1 saturated heterocycles. The van der Waals surface area contributed by atoms with Crippen molar-refractivity contribution in [1.82, 2.24) is 9.97 Å². The zero-order valence-corrected chi connectivity index (χ0v) is 15.0. The van der Waals surface area contributed by atoms with Crippen molar-refractivity contribution >= 4 is 5.69 Å². The number of nitrogens with one attached hydrogen (secondary N) is 1. The normalized spacial score (nSPS) is 16.8. The highest BCUT2D eigenvalue weighted by Gasteiger charge is 2.24. The summed E-state index contributed by atoms with van der Waals surface area (Å²) in [4.78, 5) is 21.2. The number of rotatable bonds is 4. The molecule has 1 N–H and O–H groups in total. The average Bonchev–Trinajstić information content (AvgIpc) is 3.19. The summed E-state index contributed by atoms with van der Waals surface area (Å²) in [5, 5.41) is 0. The maximum absolute atomic E-state index is 11.7. The summed E-state index contributed by atoms with van der Waals surface area (Å²) >= 11 is 0. The molecule has 4 rings (SSSR count). The van der Waals surface area contributed by atoms with Crippen molar-refractivity contribution in [2.45, 2.75) is 25.7 Å². The van der Waals surface area contributed by atoms with Gasteiger partial charge in [-0.15, -0.1) is 0 Å². The van der Waals surface area contributed by atoms with Crippen LogP contribution >= 0.6 is 0 Å². The van der Waals surface area contributed by atoms with Gasteiger partial charge < -0.3 is 9.88 Å². The first-order chi connectivity index (χ1) is 12.7. The van der Waals surface area contributed by atoms with Crippen molar-refractivity contribution in [3.05, 3.63) is 82.4 Å². The number of aromatic nitrogens is 2. The Morgan fingerprint density at radius 1 is 1.08 bits per heavy atom. The third-order valence-corrected chi connectivity index (χ3v) is 5.27. The smallest absolute Gasteiger partial charge is 0.248 e. The van der Waals surface area contributed by atoms with E-state index in [0.717, 1.165) is 42.8 Å². The molecule has 1 atom stereocenters. The van der Waals surface area contributed by atoms with Crippen LogP contribution in [0.3, 0.4) is 0 Å². The minimum absolute atomic E-state index is 0.0546. The quantitative estimate of drug-likeness (QED) is 0.778. The lowest BCUT2D eigenvalue weighted by Gasteiger charge is -2.19. The summed E-state index contributed by atoms with van der Waals surface area (Å²) in [5.41, 5.74) is 5.71. The summed E-state index contributed by atoms with van der Waals surface area (Å²) in [6.07, 6.45) is 5.81. The van der Waals surface area contributed by atoms with Crippen LogP contribution < -0.4 is 10.5 Å². The fourth-order valence-corrected chi connectivity index (χ4v) is 3.80. The second-order valence-electron chi connectivity index (χ2n) is 6.84. The Kier molecular flexibility index (Phi) is 4.57. The molecule has 4 nitrogen and oxygen atoms in total. The summed E-state index contributed by atoms with van der Waals surface area (Å²) in [6, 6.07) is 16.3. The number of nitrogens with zero attached hydrogens (tertiary/aromatic N) is 2. The number of hydrogen-bond acceptors (Lipinski definition) is 3. The van der Waals surface area contributed by atoms with Gasteiger partial charge >= 0.3 is 0 Å². The molecule has 1 aliphatic rings. The zero-order valence-electron chi connectivity index (χ0n) is 15.0. The SMILES string of the molecule is CCc1ccc(=O)[nH]c1-c1ccc(N2CCC(c3ccncc3)C2)cc1. The van der Waals surface area contributed by atoms with Crippen LogP contribution in [0.1, 0.15) is 30.4 Å². The third kappa shape index (κ3) is 3.27. The van der Waals surface area contributed by atoms with E-state index in [2.05, 4.69) is 58.2 Å². The predicted octanol–water partition coefficient (Wildman–Crippen LogP) is 3.99. The first-order valence-corrected chi connectivity index (χ1v) is 9.22. The Labute approximate surface area is 153 Å². The Morgan fingerprint density at radius 3 is 2.58 bits per heavy atom. The van der Waals surface area contributed by atoms with Crippen LogP contribution in [0.5, 0.6) is 0 Å². The lowest BCUT2D eigenvalue weighted by Crippen LogP contribution is -2.19. The van der Waals surface area contributed by atoms with Crippen LogP contribution in [0.15, 0.2) is 65.7 Å². The van der Waals surface area contributed by atoms with Crippen LogP contribution in [0, 0.1) is 0 Å². The molecule has 4 heteroatoms. The van der Waals surface area contributed by atoms with E-state index in [1.165, 1.54) is 11.3 Å². The Bertz CT molecular complexity index is 932. The number of anilines is 1. The molecule has 26 heavy (non-hydrogen) atoms. The topological polar surface area (TPSA) is 49.0 Å². The van der Waals surface area contributed by atoms with Gasteiger partial charge in [-0.25, -0.2) is 0 Å². The van der Waals surface area contributed by atoms with Gasteiger partial charge in [-0.2, -0.15) is 0 Å². The van der Waals surface area contributed by atoms with Crippen molar-refractivity contribution < 1.29 is 0 Å². The molecule has 0 radical (unpaired) electrons. The van der Waals surface area contributed by atoms with E-state index in [1.807, 2.05) is 18.5 Å². The molecule has 3 heterocycles. The maximum Gasteiger partial charge on any atom is 0.248 e. The molecule has 3 aromatic rings. The molecule has 2 aromatic heterocycles. The molecule has 0 spiro atoms. The first kappa shape index (κ1) is 16.6.